The Hall–Kier alpha value is -2.06. The fourth-order valence-electron chi connectivity index (χ4n) is 1.65. The summed E-state index contributed by atoms with van der Waals surface area (Å²) in [6, 6.07) is 4.71. The lowest BCUT2D eigenvalue weighted by molar-refractivity contribution is 0.584. The first-order valence-corrected chi connectivity index (χ1v) is 7.04. The van der Waals surface area contributed by atoms with Gasteiger partial charge in [-0.3, -0.25) is 9.71 Å². The van der Waals surface area contributed by atoms with Crippen LogP contribution in [0.5, 0.6) is 0 Å². The Balaban J connectivity index is 2.47. The molecule has 1 aromatic carbocycles. The highest BCUT2D eigenvalue weighted by atomic mass is 32.2. The fourth-order valence-corrected chi connectivity index (χ4v) is 2.97. The second kappa shape index (κ2) is 5.51. The van der Waals surface area contributed by atoms with Crippen molar-refractivity contribution in [3.05, 3.63) is 53.9 Å². The smallest absolute Gasteiger partial charge is 0.262 e. The summed E-state index contributed by atoms with van der Waals surface area (Å²) in [6.07, 6.45) is 2.10. The third-order valence-corrected chi connectivity index (χ3v) is 4.04. The first kappa shape index (κ1) is 14.4. The topological polar surface area (TPSA) is 85.1 Å². The van der Waals surface area contributed by atoms with E-state index in [-0.39, 0.29) is 22.7 Å². The number of hydrogen-bond acceptors (Lipinski definition) is 4. The summed E-state index contributed by atoms with van der Waals surface area (Å²) >= 11 is 0. The number of nitrogens with two attached hydrogens (primary N) is 1. The van der Waals surface area contributed by atoms with Crippen molar-refractivity contribution < 1.29 is 17.2 Å². The molecule has 8 heteroatoms. The molecule has 0 atom stereocenters. The van der Waals surface area contributed by atoms with Crippen LogP contribution < -0.4 is 10.5 Å². The van der Waals surface area contributed by atoms with Crippen LogP contribution in [0.4, 0.5) is 14.5 Å². The molecule has 0 amide bonds. The Bertz CT molecular complexity index is 735. The Kier molecular flexibility index (Phi) is 3.96. The minimum Gasteiger partial charge on any atom is -0.326 e. The van der Waals surface area contributed by atoms with Gasteiger partial charge in [-0.25, -0.2) is 17.2 Å². The molecular weight excluding hydrogens is 288 g/mol. The summed E-state index contributed by atoms with van der Waals surface area (Å²) < 4.78 is 53.3. The van der Waals surface area contributed by atoms with Crippen molar-refractivity contribution in [2.24, 2.45) is 5.73 Å². The molecule has 1 aromatic heterocycles. The number of nitrogens with one attached hydrogen (secondary N) is 1. The molecule has 0 bridgehead atoms. The number of halogens is 2. The van der Waals surface area contributed by atoms with Crippen molar-refractivity contribution in [3.63, 3.8) is 0 Å². The highest BCUT2D eigenvalue weighted by Crippen LogP contribution is 2.22. The van der Waals surface area contributed by atoms with Crippen molar-refractivity contribution >= 4 is 15.7 Å². The van der Waals surface area contributed by atoms with Crippen molar-refractivity contribution in [1.29, 1.82) is 0 Å². The Morgan fingerprint density at radius 2 is 1.95 bits per heavy atom. The van der Waals surface area contributed by atoms with E-state index >= 15 is 0 Å². The van der Waals surface area contributed by atoms with Gasteiger partial charge in [0.05, 0.1) is 16.8 Å². The molecule has 0 spiro atoms. The van der Waals surface area contributed by atoms with E-state index in [0.717, 1.165) is 18.3 Å². The molecule has 0 radical (unpaired) electrons. The van der Waals surface area contributed by atoms with Crippen LogP contribution in [-0.2, 0) is 16.6 Å². The number of hydrogen-bond donors (Lipinski definition) is 2. The number of aromatic nitrogens is 1. The summed E-state index contributed by atoms with van der Waals surface area (Å²) in [7, 11) is -4.14. The van der Waals surface area contributed by atoms with Gasteiger partial charge in [-0.15, -0.1) is 0 Å². The zero-order valence-corrected chi connectivity index (χ0v) is 11.0. The lowest BCUT2D eigenvalue weighted by Crippen LogP contribution is -2.18. The molecular formula is C12H11F2N3O2S. The Labute approximate surface area is 114 Å². The standard InChI is InChI=1S/C12H11F2N3O2S/c13-9-2-1-3-12(8(9)6-15)20(18,19)17-11-4-5-16-7-10(11)14/h1-5,7H,6,15H2,(H,16,17). The van der Waals surface area contributed by atoms with Crippen LogP contribution >= 0.6 is 0 Å². The number of anilines is 1. The Morgan fingerprint density at radius 1 is 1.20 bits per heavy atom. The molecule has 20 heavy (non-hydrogen) atoms. The van der Waals surface area contributed by atoms with Gasteiger partial charge in [-0.05, 0) is 18.2 Å². The summed E-state index contributed by atoms with van der Waals surface area (Å²) in [5.41, 5.74) is 4.93. The van der Waals surface area contributed by atoms with Gasteiger partial charge < -0.3 is 5.73 Å². The average molecular weight is 299 g/mol. The van der Waals surface area contributed by atoms with Crippen molar-refractivity contribution in [3.8, 4) is 0 Å². The Morgan fingerprint density at radius 3 is 2.60 bits per heavy atom. The molecule has 5 nitrogen and oxygen atoms in total. The molecule has 0 aliphatic heterocycles. The molecule has 0 unspecified atom stereocenters. The van der Waals surface area contributed by atoms with Gasteiger partial charge in [0.25, 0.3) is 10.0 Å². The highest BCUT2D eigenvalue weighted by Gasteiger charge is 2.21. The lowest BCUT2D eigenvalue weighted by atomic mass is 10.2. The summed E-state index contributed by atoms with van der Waals surface area (Å²) in [5.74, 6) is -1.56. The quantitative estimate of drug-likeness (QED) is 0.898. The second-order valence-electron chi connectivity index (χ2n) is 3.88. The van der Waals surface area contributed by atoms with Crippen LogP contribution in [0.1, 0.15) is 5.56 Å². The van der Waals surface area contributed by atoms with E-state index in [4.69, 9.17) is 5.73 Å². The first-order valence-electron chi connectivity index (χ1n) is 5.55. The van der Waals surface area contributed by atoms with Crippen LogP contribution in [0, 0.1) is 11.6 Å². The van der Waals surface area contributed by atoms with E-state index in [9.17, 15) is 17.2 Å². The fraction of sp³-hybridized carbons (Fsp3) is 0.0833. The zero-order valence-electron chi connectivity index (χ0n) is 10.2. The molecule has 0 aliphatic carbocycles. The number of rotatable bonds is 4. The van der Waals surface area contributed by atoms with Crippen LogP contribution in [0.15, 0.2) is 41.6 Å². The lowest BCUT2D eigenvalue weighted by Gasteiger charge is -2.12. The van der Waals surface area contributed by atoms with Gasteiger partial charge >= 0.3 is 0 Å². The van der Waals surface area contributed by atoms with Gasteiger partial charge in [0.15, 0.2) is 5.82 Å². The van der Waals surface area contributed by atoms with Crippen molar-refractivity contribution in [1.82, 2.24) is 4.98 Å². The predicted molar refractivity (Wildman–Crippen MR) is 69.3 cm³/mol. The third-order valence-electron chi connectivity index (χ3n) is 2.59. The molecule has 0 fully saturated rings. The highest BCUT2D eigenvalue weighted by molar-refractivity contribution is 7.92. The summed E-state index contributed by atoms with van der Waals surface area (Å²) in [6.45, 7) is -0.290. The van der Waals surface area contributed by atoms with Crippen LogP contribution in [0.25, 0.3) is 0 Å². The molecule has 3 N–H and O–H groups in total. The van der Waals surface area contributed by atoms with Gasteiger partial charge in [-0.2, -0.15) is 0 Å². The molecule has 0 saturated carbocycles. The van der Waals surface area contributed by atoms with Crippen LogP contribution in [0.2, 0.25) is 0 Å². The number of benzene rings is 1. The van der Waals surface area contributed by atoms with E-state index in [2.05, 4.69) is 4.98 Å². The maximum Gasteiger partial charge on any atom is 0.262 e. The summed E-state index contributed by atoms with van der Waals surface area (Å²) in [4.78, 5) is 3.18. The van der Waals surface area contributed by atoms with E-state index in [1.165, 1.54) is 18.3 Å². The number of sulfonamides is 1. The second-order valence-corrected chi connectivity index (χ2v) is 5.53. The molecule has 0 aliphatic rings. The predicted octanol–water partition coefficient (Wildman–Crippen LogP) is 1.62. The molecule has 106 valence electrons. The van der Waals surface area contributed by atoms with E-state index in [0.29, 0.717) is 0 Å². The number of nitrogens with zero attached hydrogens (tertiary/aromatic N) is 1. The SMILES string of the molecule is NCc1c(F)cccc1S(=O)(=O)Nc1ccncc1F. The minimum atomic E-state index is -4.14. The molecule has 2 aromatic rings. The molecule has 1 heterocycles. The monoisotopic (exact) mass is 299 g/mol. The maximum atomic E-state index is 13.5. The average Bonchev–Trinajstić information content (AvgIpc) is 2.41. The van der Waals surface area contributed by atoms with Crippen LogP contribution in [-0.4, -0.2) is 13.4 Å². The van der Waals surface area contributed by atoms with Gasteiger partial charge in [0, 0.05) is 18.3 Å². The van der Waals surface area contributed by atoms with E-state index in [1.807, 2.05) is 4.72 Å². The van der Waals surface area contributed by atoms with E-state index in [1.54, 1.807) is 0 Å². The van der Waals surface area contributed by atoms with Crippen molar-refractivity contribution in [2.45, 2.75) is 11.4 Å². The largest absolute Gasteiger partial charge is 0.326 e. The first-order chi connectivity index (χ1) is 9.45. The van der Waals surface area contributed by atoms with Gasteiger partial charge in [0.1, 0.15) is 5.82 Å². The minimum absolute atomic E-state index is 0.158. The number of pyridine rings is 1. The van der Waals surface area contributed by atoms with Gasteiger partial charge in [0.2, 0.25) is 0 Å². The van der Waals surface area contributed by atoms with E-state index < -0.39 is 21.7 Å². The maximum absolute atomic E-state index is 13.5. The third kappa shape index (κ3) is 2.75. The normalized spacial score (nSPS) is 11.3. The summed E-state index contributed by atoms with van der Waals surface area (Å²) in [5, 5.41) is 0. The van der Waals surface area contributed by atoms with Gasteiger partial charge in [-0.1, -0.05) is 6.07 Å². The van der Waals surface area contributed by atoms with Crippen molar-refractivity contribution in [2.75, 3.05) is 4.72 Å². The zero-order chi connectivity index (χ0) is 14.8. The molecule has 0 saturated heterocycles. The van der Waals surface area contributed by atoms with Crippen LogP contribution in [0.3, 0.4) is 0 Å². The molecule has 2 rings (SSSR count).